The van der Waals surface area contributed by atoms with E-state index in [1.807, 2.05) is 0 Å². The molecular formula is C9H7F2N3O2S. The zero-order valence-electron chi connectivity index (χ0n) is 8.31. The molecule has 0 aliphatic rings. The number of H-pyrrole nitrogens is 1. The van der Waals surface area contributed by atoms with Gasteiger partial charge >= 0.3 is 0 Å². The molecule has 0 unspecified atom stereocenters. The zero-order valence-corrected chi connectivity index (χ0v) is 9.13. The Morgan fingerprint density at radius 2 is 1.94 bits per heavy atom. The third-order valence-electron chi connectivity index (χ3n) is 1.95. The van der Waals surface area contributed by atoms with Crippen molar-refractivity contribution in [2.24, 2.45) is 0 Å². The summed E-state index contributed by atoms with van der Waals surface area (Å²) in [7, 11) is -3.95. The van der Waals surface area contributed by atoms with Crippen molar-refractivity contribution in [2.45, 2.75) is 4.90 Å². The quantitative estimate of drug-likeness (QED) is 0.876. The summed E-state index contributed by atoms with van der Waals surface area (Å²) in [4.78, 5) is -0.369. The van der Waals surface area contributed by atoms with Crippen molar-refractivity contribution in [3.05, 3.63) is 42.1 Å². The minimum Gasteiger partial charge on any atom is -0.264 e. The number of halogens is 2. The Labute approximate surface area is 95.5 Å². The van der Waals surface area contributed by atoms with Crippen LogP contribution in [0.15, 0.2) is 35.4 Å². The summed E-state index contributed by atoms with van der Waals surface area (Å²) in [6, 6.07) is 3.71. The molecule has 90 valence electrons. The number of benzene rings is 1. The summed E-state index contributed by atoms with van der Waals surface area (Å²) < 4.78 is 51.1. The minimum atomic E-state index is -3.95. The van der Waals surface area contributed by atoms with E-state index in [0.717, 1.165) is 12.1 Å². The van der Waals surface area contributed by atoms with Crippen LogP contribution in [0, 0.1) is 11.6 Å². The Morgan fingerprint density at radius 1 is 1.18 bits per heavy atom. The van der Waals surface area contributed by atoms with E-state index < -0.39 is 21.7 Å². The van der Waals surface area contributed by atoms with Crippen LogP contribution in [0.1, 0.15) is 0 Å². The SMILES string of the molecule is O=S(=O)(Nc1ccn[nH]1)c1ccc(F)c(F)c1. The molecule has 0 radical (unpaired) electrons. The maximum Gasteiger partial charge on any atom is 0.263 e. The number of aromatic amines is 1. The van der Waals surface area contributed by atoms with Crippen LogP contribution in [-0.2, 0) is 10.0 Å². The van der Waals surface area contributed by atoms with Gasteiger partial charge in [0.05, 0.1) is 11.1 Å². The van der Waals surface area contributed by atoms with Crippen LogP contribution in [0.2, 0.25) is 0 Å². The molecular weight excluding hydrogens is 252 g/mol. The molecule has 0 aliphatic carbocycles. The van der Waals surface area contributed by atoms with Gasteiger partial charge in [0.1, 0.15) is 5.82 Å². The normalized spacial score (nSPS) is 11.4. The predicted molar refractivity (Wildman–Crippen MR) is 55.8 cm³/mol. The van der Waals surface area contributed by atoms with Gasteiger partial charge < -0.3 is 0 Å². The molecule has 0 bridgehead atoms. The lowest BCUT2D eigenvalue weighted by molar-refractivity contribution is 0.504. The number of hydrogen-bond acceptors (Lipinski definition) is 3. The zero-order chi connectivity index (χ0) is 12.5. The van der Waals surface area contributed by atoms with Crippen LogP contribution >= 0.6 is 0 Å². The van der Waals surface area contributed by atoms with Gasteiger partial charge in [-0.25, -0.2) is 17.2 Å². The number of sulfonamides is 1. The highest BCUT2D eigenvalue weighted by atomic mass is 32.2. The van der Waals surface area contributed by atoms with Gasteiger partial charge in [0, 0.05) is 6.07 Å². The molecule has 2 N–H and O–H groups in total. The first-order valence-corrected chi connectivity index (χ1v) is 5.94. The molecule has 0 amide bonds. The van der Waals surface area contributed by atoms with Gasteiger partial charge in [-0.2, -0.15) is 5.10 Å². The van der Waals surface area contributed by atoms with E-state index in [-0.39, 0.29) is 10.7 Å². The fourth-order valence-electron chi connectivity index (χ4n) is 1.16. The summed E-state index contributed by atoms with van der Waals surface area (Å²) in [5.74, 6) is -2.20. The number of anilines is 1. The van der Waals surface area contributed by atoms with Crippen molar-refractivity contribution in [2.75, 3.05) is 4.72 Å². The van der Waals surface area contributed by atoms with E-state index >= 15 is 0 Å². The van der Waals surface area contributed by atoms with Gasteiger partial charge in [-0.1, -0.05) is 0 Å². The van der Waals surface area contributed by atoms with E-state index in [0.29, 0.717) is 6.07 Å². The van der Waals surface area contributed by atoms with Crippen molar-refractivity contribution >= 4 is 15.8 Å². The van der Waals surface area contributed by atoms with E-state index in [4.69, 9.17) is 0 Å². The standard InChI is InChI=1S/C9H7F2N3O2S/c10-7-2-1-6(5-8(7)11)17(15,16)14-9-3-4-12-13-9/h1-5H,(H2,12,13,14). The second kappa shape index (κ2) is 4.13. The molecule has 0 aliphatic heterocycles. The van der Waals surface area contributed by atoms with Crippen LogP contribution in [0.5, 0.6) is 0 Å². The molecule has 0 spiro atoms. The van der Waals surface area contributed by atoms with Crippen LogP contribution in [0.25, 0.3) is 0 Å². The van der Waals surface area contributed by atoms with Gasteiger partial charge in [0.25, 0.3) is 10.0 Å². The summed E-state index contributed by atoms with van der Waals surface area (Å²) >= 11 is 0. The lowest BCUT2D eigenvalue weighted by Crippen LogP contribution is -2.13. The molecule has 8 heteroatoms. The Balaban J connectivity index is 2.35. The van der Waals surface area contributed by atoms with Gasteiger partial charge in [-0.15, -0.1) is 0 Å². The highest BCUT2D eigenvalue weighted by molar-refractivity contribution is 7.92. The number of aromatic nitrogens is 2. The fourth-order valence-corrected chi connectivity index (χ4v) is 2.19. The lowest BCUT2D eigenvalue weighted by atomic mass is 10.3. The average Bonchev–Trinajstić information content (AvgIpc) is 2.73. The van der Waals surface area contributed by atoms with Crippen molar-refractivity contribution in [3.8, 4) is 0 Å². The number of rotatable bonds is 3. The van der Waals surface area contributed by atoms with Gasteiger partial charge in [0.2, 0.25) is 0 Å². The van der Waals surface area contributed by atoms with Crippen molar-refractivity contribution in [1.29, 1.82) is 0 Å². The topological polar surface area (TPSA) is 74.8 Å². The second-order valence-corrected chi connectivity index (χ2v) is 4.83. The number of hydrogen-bond donors (Lipinski definition) is 2. The molecule has 1 heterocycles. The molecule has 0 fully saturated rings. The average molecular weight is 259 g/mol. The van der Waals surface area contributed by atoms with Crippen LogP contribution in [0.3, 0.4) is 0 Å². The highest BCUT2D eigenvalue weighted by Crippen LogP contribution is 2.16. The first-order chi connectivity index (χ1) is 7.99. The summed E-state index contributed by atoms with van der Waals surface area (Å²) in [5, 5.41) is 5.93. The molecule has 0 saturated carbocycles. The van der Waals surface area contributed by atoms with Gasteiger partial charge in [-0.3, -0.25) is 9.82 Å². The Hall–Kier alpha value is -1.96. The molecule has 1 aromatic carbocycles. The summed E-state index contributed by atoms with van der Waals surface area (Å²) in [6.45, 7) is 0. The third-order valence-corrected chi connectivity index (χ3v) is 3.31. The Morgan fingerprint density at radius 3 is 2.53 bits per heavy atom. The van der Waals surface area contributed by atoms with E-state index in [1.54, 1.807) is 0 Å². The van der Waals surface area contributed by atoms with Crippen molar-refractivity contribution < 1.29 is 17.2 Å². The first-order valence-electron chi connectivity index (χ1n) is 4.46. The molecule has 0 saturated heterocycles. The van der Waals surface area contributed by atoms with Crippen molar-refractivity contribution in [3.63, 3.8) is 0 Å². The summed E-state index contributed by atoms with van der Waals surface area (Å²) in [6.07, 6.45) is 1.35. The first kappa shape index (κ1) is 11.5. The smallest absolute Gasteiger partial charge is 0.263 e. The maximum absolute atomic E-state index is 12.9. The lowest BCUT2D eigenvalue weighted by Gasteiger charge is -2.05. The summed E-state index contributed by atoms with van der Waals surface area (Å²) in [5.41, 5.74) is 0. The van der Waals surface area contributed by atoms with Crippen LogP contribution in [0.4, 0.5) is 14.6 Å². The van der Waals surface area contributed by atoms with Crippen molar-refractivity contribution in [1.82, 2.24) is 10.2 Å². The Kier molecular flexibility index (Phi) is 2.80. The third kappa shape index (κ3) is 2.41. The van der Waals surface area contributed by atoms with E-state index in [1.165, 1.54) is 12.3 Å². The van der Waals surface area contributed by atoms with Crippen LogP contribution in [-0.4, -0.2) is 18.6 Å². The minimum absolute atomic E-state index is 0.134. The van der Waals surface area contributed by atoms with Crippen LogP contribution < -0.4 is 4.72 Å². The second-order valence-electron chi connectivity index (χ2n) is 3.15. The fraction of sp³-hybridized carbons (Fsp3) is 0. The van der Waals surface area contributed by atoms with Gasteiger partial charge in [-0.05, 0) is 18.2 Å². The predicted octanol–water partition coefficient (Wildman–Crippen LogP) is 1.49. The number of nitrogens with one attached hydrogen (secondary N) is 2. The Bertz CT molecular complexity index is 626. The maximum atomic E-state index is 12.9. The van der Waals surface area contributed by atoms with Gasteiger partial charge in [0.15, 0.2) is 11.6 Å². The molecule has 5 nitrogen and oxygen atoms in total. The molecule has 2 rings (SSSR count). The number of nitrogens with zero attached hydrogens (tertiary/aromatic N) is 1. The molecule has 0 atom stereocenters. The van der Waals surface area contributed by atoms with E-state index in [9.17, 15) is 17.2 Å². The molecule has 17 heavy (non-hydrogen) atoms. The monoisotopic (exact) mass is 259 g/mol. The van der Waals surface area contributed by atoms with E-state index in [2.05, 4.69) is 14.9 Å². The largest absolute Gasteiger partial charge is 0.264 e. The highest BCUT2D eigenvalue weighted by Gasteiger charge is 2.16. The molecule has 2 aromatic rings. The molecule has 1 aromatic heterocycles.